The molecule has 11 heteroatoms. The van der Waals surface area contributed by atoms with Crippen LogP contribution in [-0.2, 0) is 10.0 Å². The van der Waals surface area contributed by atoms with Crippen LogP contribution in [0, 0.1) is 0 Å². The predicted molar refractivity (Wildman–Crippen MR) is 95.5 cm³/mol. The molecule has 0 aliphatic carbocycles. The molecule has 150 valence electrons. The molecule has 0 saturated heterocycles. The number of hydrogen-bond acceptors (Lipinski definition) is 4. The first-order chi connectivity index (χ1) is 13.0. The molecule has 0 fully saturated rings. The molecule has 0 aliphatic heterocycles. The van der Waals surface area contributed by atoms with E-state index in [2.05, 4.69) is 10.0 Å². The van der Waals surface area contributed by atoms with Gasteiger partial charge in [0.25, 0.3) is 21.8 Å². The van der Waals surface area contributed by atoms with Gasteiger partial charge in [0, 0.05) is 12.6 Å². The fraction of sp³-hybridized carbons (Fsp3) is 0.176. The van der Waals surface area contributed by atoms with Gasteiger partial charge in [-0.3, -0.25) is 14.3 Å². The van der Waals surface area contributed by atoms with Crippen LogP contribution in [0.4, 0.5) is 18.9 Å². The number of nitrogens with one attached hydrogen (secondary N) is 3. The number of rotatable bonds is 6. The Balaban J connectivity index is 2.28. The molecule has 0 aromatic heterocycles. The molecule has 0 atom stereocenters. The number of halogens is 3. The highest BCUT2D eigenvalue weighted by molar-refractivity contribution is 7.92. The Morgan fingerprint density at radius 1 is 1.00 bits per heavy atom. The molecule has 0 saturated carbocycles. The van der Waals surface area contributed by atoms with Gasteiger partial charge in [0.05, 0.1) is 16.1 Å². The minimum absolute atomic E-state index is 0.00813. The first-order valence-corrected chi connectivity index (χ1v) is 9.31. The first kappa shape index (κ1) is 21.2. The second-order valence-corrected chi connectivity index (χ2v) is 7.24. The van der Waals surface area contributed by atoms with Crippen molar-refractivity contribution in [1.82, 2.24) is 10.6 Å². The summed E-state index contributed by atoms with van der Waals surface area (Å²) in [5.74, 6) is -1.58. The summed E-state index contributed by atoms with van der Waals surface area (Å²) in [4.78, 5) is 23.3. The average molecular weight is 415 g/mol. The zero-order valence-corrected chi connectivity index (χ0v) is 15.3. The van der Waals surface area contributed by atoms with E-state index in [-0.39, 0.29) is 21.7 Å². The van der Waals surface area contributed by atoms with E-state index in [4.69, 9.17) is 0 Å². The number of anilines is 1. The second-order valence-electron chi connectivity index (χ2n) is 5.56. The third-order valence-electron chi connectivity index (χ3n) is 3.50. The lowest BCUT2D eigenvalue weighted by Crippen LogP contribution is -2.33. The Morgan fingerprint density at radius 3 is 2.32 bits per heavy atom. The van der Waals surface area contributed by atoms with Crippen molar-refractivity contribution in [2.45, 2.75) is 11.1 Å². The average Bonchev–Trinajstić information content (AvgIpc) is 2.65. The standard InChI is InChI=1S/C17H16F3N3O4S/c1-21-16(25)13-7-2-3-8-14(13)23-28(26,27)12-6-4-5-11(9-12)15(24)22-10-17(18,19)20/h2-9,23H,10H2,1H3,(H,21,25)(H,22,24). The van der Waals surface area contributed by atoms with Gasteiger partial charge >= 0.3 is 6.18 Å². The summed E-state index contributed by atoms with van der Waals surface area (Å²) >= 11 is 0. The highest BCUT2D eigenvalue weighted by atomic mass is 32.2. The maximum Gasteiger partial charge on any atom is 0.405 e. The van der Waals surface area contributed by atoms with E-state index in [0.717, 1.165) is 6.07 Å². The van der Waals surface area contributed by atoms with Crippen molar-refractivity contribution in [2.75, 3.05) is 18.3 Å². The summed E-state index contributed by atoms with van der Waals surface area (Å²) in [6, 6.07) is 10.4. The molecule has 2 amide bonds. The van der Waals surface area contributed by atoms with Gasteiger partial charge in [0.15, 0.2) is 0 Å². The second kappa shape index (κ2) is 8.30. The molecule has 0 aliphatic rings. The summed E-state index contributed by atoms with van der Waals surface area (Å²) < 4.78 is 64.1. The van der Waals surface area contributed by atoms with Gasteiger partial charge in [-0.25, -0.2) is 8.42 Å². The molecule has 0 spiro atoms. The van der Waals surface area contributed by atoms with Gasteiger partial charge in [-0.1, -0.05) is 18.2 Å². The minimum atomic E-state index is -4.59. The van der Waals surface area contributed by atoms with E-state index < -0.39 is 34.6 Å². The monoisotopic (exact) mass is 415 g/mol. The Kier molecular flexibility index (Phi) is 6.29. The van der Waals surface area contributed by atoms with E-state index in [1.165, 1.54) is 43.4 Å². The molecule has 2 aromatic rings. The molecule has 0 unspecified atom stereocenters. The summed E-state index contributed by atoms with van der Waals surface area (Å²) in [6.45, 7) is -1.54. The van der Waals surface area contributed by atoms with Crippen LogP contribution in [0.1, 0.15) is 20.7 Å². The largest absolute Gasteiger partial charge is 0.405 e. The number of benzene rings is 2. The molecule has 2 aromatic carbocycles. The zero-order valence-electron chi connectivity index (χ0n) is 14.5. The minimum Gasteiger partial charge on any atom is -0.355 e. The fourth-order valence-electron chi connectivity index (χ4n) is 2.20. The fourth-order valence-corrected chi connectivity index (χ4v) is 3.32. The van der Waals surface area contributed by atoms with Crippen molar-refractivity contribution < 1.29 is 31.2 Å². The van der Waals surface area contributed by atoms with Crippen LogP contribution in [0.15, 0.2) is 53.4 Å². The Hall–Kier alpha value is -3.08. The Morgan fingerprint density at radius 2 is 1.68 bits per heavy atom. The van der Waals surface area contributed by atoms with Crippen molar-refractivity contribution in [3.63, 3.8) is 0 Å². The quantitative estimate of drug-likeness (QED) is 0.672. The first-order valence-electron chi connectivity index (χ1n) is 7.82. The van der Waals surface area contributed by atoms with Crippen LogP contribution >= 0.6 is 0 Å². The van der Waals surface area contributed by atoms with Crippen molar-refractivity contribution in [2.24, 2.45) is 0 Å². The number of sulfonamides is 1. The van der Waals surface area contributed by atoms with E-state index >= 15 is 0 Å². The summed E-state index contributed by atoms with van der Waals surface area (Å²) in [5, 5.41) is 4.05. The summed E-state index contributed by atoms with van der Waals surface area (Å²) in [7, 11) is -2.82. The number of hydrogen-bond donors (Lipinski definition) is 3. The van der Waals surface area contributed by atoms with Crippen molar-refractivity contribution >= 4 is 27.5 Å². The number of carbonyl (C=O) groups excluding carboxylic acids is 2. The molecular formula is C17H16F3N3O4S. The summed E-state index contributed by atoms with van der Waals surface area (Å²) in [6.07, 6.45) is -4.59. The van der Waals surface area contributed by atoms with Crippen LogP contribution in [0.5, 0.6) is 0 Å². The Labute approximate surface area is 159 Å². The van der Waals surface area contributed by atoms with Crippen LogP contribution < -0.4 is 15.4 Å². The maximum absolute atomic E-state index is 12.6. The maximum atomic E-state index is 12.6. The van der Waals surface area contributed by atoms with E-state index in [1.54, 1.807) is 11.4 Å². The molecule has 28 heavy (non-hydrogen) atoms. The predicted octanol–water partition coefficient (Wildman–Crippen LogP) is 2.14. The van der Waals surface area contributed by atoms with E-state index in [1.807, 2.05) is 0 Å². The third-order valence-corrected chi connectivity index (χ3v) is 4.86. The zero-order chi connectivity index (χ0) is 20.9. The number of alkyl halides is 3. The van der Waals surface area contributed by atoms with Gasteiger partial charge in [0.2, 0.25) is 0 Å². The topological polar surface area (TPSA) is 104 Å². The molecule has 0 bridgehead atoms. The van der Waals surface area contributed by atoms with Crippen LogP contribution in [0.3, 0.4) is 0 Å². The molecular weight excluding hydrogens is 399 g/mol. The molecule has 0 heterocycles. The van der Waals surface area contributed by atoms with Crippen LogP contribution in [0.2, 0.25) is 0 Å². The van der Waals surface area contributed by atoms with Gasteiger partial charge in [-0.2, -0.15) is 13.2 Å². The van der Waals surface area contributed by atoms with E-state index in [0.29, 0.717) is 0 Å². The number of para-hydroxylation sites is 1. The summed E-state index contributed by atoms with van der Waals surface area (Å²) in [5.41, 5.74) is -0.173. The van der Waals surface area contributed by atoms with Gasteiger partial charge in [-0.05, 0) is 30.3 Å². The number of amides is 2. The third kappa shape index (κ3) is 5.46. The van der Waals surface area contributed by atoms with Crippen LogP contribution in [0.25, 0.3) is 0 Å². The van der Waals surface area contributed by atoms with Gasteiger partial charge < -0.3 is 10.6 Å². The lowest BCUT2D eigenvalue weighted by atomic mass is 10.2. The molecule has 7 nitrogen and oxygen atoms in total. The van der Waals surface area contributed by atoms with Gasteiger partial charge in [0.1, 0.15) is 6.54 Å². The lowest BCUT2D eigenvalue weighted by molar-refractivity contribution is -0.123. The van der Waals surface area contributed by atoms with Crippen molar-refractivity contribution in [1.29, 1.82) is 0 Å². The molecule has 3 N–H and O–H groups in total. The highest BCUT2D eigenvalue weighted by Gasteiger charge is 2.28. The van der Waals surface area contributed by atoms with E-state index in [9.17, 15) is 31.2 Å². The van der Waals surface area contributed by atoms with Crippen molar-refractivity contribution in [3.05, 3.63) is 59.7 Å². The van der Waals surface area contributed by atoms with Crippen LogP contribution in [-0.4, -0.2) is 40.0 Å². The van der Waals surface area contributed by atoms with Gasteiger partial charge in [-0.15, -0.1) is 0 Å². The molecule has 2 rings (SSSR count). The highest BCUT2D eigenvalue weighted by Crippen LogP contribution is 2.21. The number of carbonyl (C=O) groups is 2. The SMILES string of the molecule is CNC(=O)c1ccccc1NS(=O)(=O)c1cccc(C(=O)NCC(F)(F)F)c1. The lowest BCUT2D eigenvalue weighted by Gasteiger charge is -2.13. The molecule has 0 radical (unpaired) electrons. The smallest absolute Gasteiger partial charge is 0.355 e. The Bertz CT molecular complexity index is 991. The normalized spacial score (nSPS) is 11.6. The van der Waals surface area contributed by atoms with Crippen molar-refractivity contribution in [3.8, 4) is 0 Å².